The highest BCUT2D eigenvalue weighted by Gasteiger charge is 2.30. The molecule has 0 unspecified atom stereocenters. The number of alkyl halides is 3. The van der Waals surface area contributed by atoms with Crippen LogP contribution in [0.15, 0.2) is 0 Å². The Hall–Kier alpha value is -0.810. The first-order valence-electron chi connectivity index (χ1n) is 2.04. The first kappa shape index (κ1) is 12.8. The summed E-state index contributed by atoms with van der Waals surface area (Å²) in [6.07, 6.45) is -5.07. The van der Waals surface area contributed by atoms with Crippen LogP contribution in [-0.2, 0) is 15.2 Å². The molecule has 0 heterocycles. The van der Waals surface area contributed by atoms with Crippen LogP contribution in [0.2, 0.25) is 0 Å². The maximum Gasteiger partial charge on any atom is 0.537 e. The minimum absolute atomic E-state index is 1.43. The number of halogens is 3. The van der Waals surface area contributed by atoms with E-state index >= 15 is 0 Å². The smallest absolute Gasteiger partial charge is 0.202 e. The van der Waals surface area contributed by atoms with Crippen LogP contribution in [0.4, 0.5) is 13.2 Å². The summed E-state index contributed by atoms with van der Waals surface area (Å²) in [6, 6.07) is 1.75. The van der Waals surface area contributed by atoms with Crippen LogP contribution in [0.25, 0.3) is 0 Å². The van der Waals surface area contributed by atoms with Crippen molar-refractivity contribution >= 4 is 11.0 Å². The van der Waals surface area contributed by atoms with Gasteiger partial charge in [-0.05, 0) is 0 Å². The van der Waals surface area contributed by atoms with Crippen LogP contribution in [0.1, 0.15) is 6.92 Å². The summed E-state index contributed by atoms with van der Waals surface area (Å²) < 4.78 is 52.7. The molecule has 0 atom stereocenters. The molecule has 0 aromatic rings. The molecule has 0 aromatic heterocycles. The molecule has 0 N–H and O–H groups in total. The number of nitrogens with zero attached hydrogens (tertiary/aromatic N) is 1. The molecule has 0 aromatic carbocycles. The van der Waals surface area contributed by atoms with Gasteiger partial charge in [0, 0.05) is 6.92 Å². The molecule has 0 saturated carbocycles. The zero-order valence-corrected chi connectivity index (χ0v) is 6.15. The minimum atomic E-state index is -5.07. The number of thiol groups is 1. The summed E-state index contributed by atoms with van der Waals surface area (Å²) in [6.45, 7) is 1.43. The van der Waals surface area contributed by atoms with Gasteiger partial charge in [-0.25, -0.2) is 8.42 Å². The fourth-order valence-corrected chi connectivity index (χ4v) is 0.254. The molecule has 0 saturated heterocycles. The fraction of sp³-hybridized carbons (Fsp3) is 0.667. The van der Waals surface area contributed by atoms with Gasteiger partial charge in [0.1, 0.15) is 0 Å². The average molecular weight is 191 g/mol. The summed E-state index contributed by atoms with van der Waals surface area (Å²) in [7, 11) is -3.81. The molecule has 0 rings (SSSR count). The Balaban J connectivity index is 0. The van der Waals surface area contributed by atoms with Crippen molar-refractivity contribution in [1.82, 2.24) is 0 Å². The van der Waals surface area contributed by atoms with Crippen molar-refractivity contribution in [2.24, 2.45) is 0 Å². The van der Waals surface area contributed by atoms with Crippen LogP contribution in [0, 0.1) is 11.3 Å². The van der Waals surface area contributed by atoms with Crippen molar-refractivity contribution in [2.45, 2.75) is 13.3 Å². The first-order chi connectivity index (χ1) is 4.83. The third-order valence-electron chi connectivity index (χ3n) is 0.178. The van der Waals surface area contributed by atoms with Crippen molar-refractivity contribution in [1.29, 1.82) is 5.26 Å². The predicted molar refractivity (Wildman–Crippen MR) is 28.7 cm³/mol. The van der Waals surface area contributed by atoms with Gasteiger partial charge in [0.15, 0.2) is 0 Å². The Kier molecular flexibility index (Phi) is 6.92. The van der Waals surface area contributed by atoms with Gasteiger partial charge in [-0.2, -0.15) is 9.44 Å². The van der Waals surface area contributed by atoms with Gasteiger partial charge in [0.25, 0.3) is 11.0 Å². The third-order valence-corrected chi connectivity index (χ3v) is 0.534. The van der Waals surface area contributed by atoms with Crippen molar-refractivity contribution < 1.29 is 25.8 Å². The topological polar surface area (TPSA) is 67.2 Å². The minimum Gasteiger partial charge on any atom is -0.202 e. The lowest BCUT2D eigenvalue weighted by atomic mass is 11.0. The highest BCUT2D eigenvalue weighted by molar-refractivity contribution is 7.67. The fourth-order valence-electron chi connectivity index (χ4n) is 0.0845. The summed E-state index contributed by atoms with van der Waals surface area (Å²) in [4.78, 5) is 0. The van der Waals surface area contributed by atoms with E-state index < -0.39 is 17.3 Å². The summed E-state index contributed by atoms with van der Waals surface area (Å²) in [5, 5.41) is 7.32. The second-order valence-electron chi connectivity index (χ2n) is 0.984. The molecule has 11 heavy (non-hydrogen) atoms. The molecule has 0 spiro atoms. The SMILES string of the molecule is CC#N.O=[SH](=O)OC(F)(F)F. The number of hydrogen-bond acceptors (Lipinski definition) is 4. The lowest BCUT2D eigenvalue weighted by molar-refractivity contribution is -0.270. The van der Waals surface area contributed by atoms with E-state index in [9.17, 15) is 13.2 Å². The van der Waals surface area contributed by atoms with Gasteiger partial charge in [-0.1, -0.05) is 0 Å². The molecule has 4 nitrogen and oxygen atoms in total. The van der Waals surface area contributed by atoms with E-state index in [0.29, 0.717) is 0 Å². The summed E-state index contributed by atoms with van der Waals surface area (Å²) >= 11 is 0. The van der Waals surface area contributed by atoms with E-state index in [-0.39, 0.29) is 0 Å². The quantitative estimate of drug-likeness (QED) is 0.615. The standard InChI is InChI=1S/C2H3N.CHF3O3S/c1-2-3;2-1(3,4)7-8(5)6/h1H3;8H. The Morgan fingerprint density at radius 3 is 1.73 bits per heavy atom. The van der Waals surface area contributed by atoms with E-state index in [4.69, 9.17) is 13.7 Å². The van der Waals surface area contributed by atoms with E-state index in [1.807, 2.05) is 0 Å². The molecule has 8 heteroatoms. The lowest BCUT2D eigenvalue weighted by Gasteiger charge is -1.96. The molecule has 0 aliphatic heterocycles. The number of nitriles is 1. The van der Waals surface area contributed by atoms with Gasteiger partial charge >= 0.3 is 6.36 Å². The van der Waals surface area contributed by atoms with Crippen LogP contribution >= 0.6 is 0 Å². The second-order valence-corrected chi connectivity index (χ2v) is 1.61. The van der Waals surface area contributed by atoms with Crippen LogP contribution < -0.4 is 0 Å². The Morgan fingerprint density at radius 1 is 1.45 bits per heavy atom. The van der Waals surface area contributed by atoms with Crippen molar-refractivity contribution in [3.05, 3.63) is 0 Å². The molecule has 0 amide bonds. The highest BCUT2D eigenvalue weighted by atomic mass is 32.2. The molecular formula is C3H4F3NO3S. The average Bonchev–Trinajstić information content (AvgIpc) is 1.57. The molecular weight excluding hydrogens is 187 g/mol. The van der Waals surface area contributed by atoms with Gasteiger partial charge in [-0.3, -0.25) is 0 Å². The van der Waals surface area contributed by atoms with E-state index in [1.165, 1.54) is 6.92 Å². The third kappa shape index (κ3) is 27.1. The van der Waals surface area contributed by atoms with Crippen LogP contribution in [0.5, 0.6) is 0 Å². The zero-order chi connectivity index (χ0) is 9.49. The van der Waals surface area contributed by atoms with E-state index in [0.717, 1.165) is 0 Å². The number of rotatable bonds is 1. The monoisotopic (exact) mass is 191 g/mol. The van der Waals surface area contributed by atoms with Crippen molar-refractivity contribution in [3.8, 4) is 6.07 Å². The van der Waals surface area contributed by atoms with E-state index in [2.05, 4.69) is 4.18 Å². The molecule has 0 radical (unpaired) electrons. The van der Waals surface area contributed by atoms with Gasteiger partial charge < -0.3 is 0 Å². The second kappa shape index (κ2) is 5.94. The maximum absolute atomic E-state index is 10.7. The molecule has 0 fully saturated rings. The number of hydrogen-bond donors (Lipinski definition) is 1. The van der Waals surface area contributed by atoms with Crippen LogP contribution in [-0.4, -0.2) is 14.8 Å². The molecule has 0 aliphatic carbocycles. The largest absolute Gasteiger partial charge is 0.537 e. The Labute approximate surface area is 62.3 Å². The Bertz CT molecular complexity index is 195. The highest BCUT2D eigenvalue weighted by Crippen LogP contribution is 2.15. The van der Waals surface area contributed by atoms with Crippen molar-refractivity contribution in [2.75, 3.05) is 0 Å². The van der Waals surface area contributed by atoms with Gasteiger partial charge in [0.05, 0.1) is 6.07 Å². The molecule has 66 valence electrons. The van der Waals surface area contributed by atoms with Crippen LogP contribution in [0.3, 0.4) is 0 Å². The van der Waals surface area contributed by atoms with E-state index in [1.54, 1.807) is 6.07 Å². The van der Waals surface area contributed by atoms with Gasteiger partial charge in [-0.15, -0.1) is 13.2 Å². The maximum atomic E-state index is 10.7. The van der Waals surface area contributed by atoms with Crippen molar-refractivity contribution in [3.63, 3.8) is 0 Å². The molecule has 0 aliphatic rings. The molecule has 0 bridgehead atoms. The predicted octanol–water partition coefficient (Wildman–Crippen LogP) is 0.579. The zero-order valence-electron chi connectivity index (χ0n) is 5.25. The Morgan fingerprint density at radius 2 is 1.73 bits per heavy atom. The first-order valence-corrected chi connectivity index (χ1v) is 3.14. The lowest BCUT2D eigenvalue weighted by Crippen LogP contribution is -2.11. The normalized spacial score (nSPS) is 9.82. The summed E-state index contributed by atoms with van der Waals surface area (Å²) in [5.41, 5.74) is 0. The van der Waals surface area contributed by atoms with Gasteiger partial charge in [0.2, 0.25) is 0 Å². The summed E-state index contributed by atoms with van der Waals surface area (Å²) in [5.74, 6) is 0.